The van der Waals surface area contributed by atoms with Gasteiger partial charge in [0, 0.05) is 22.1 Å². The van der Waals surface area contributed by atoms with Gasteiger partial charge in [-0.15, -0.1) is 0 Å². The Hall–Kier alpha value is -5.60. The average molecular weight is 621 g/mol. The van der Waals surface area contributed by atoms with Crippen molar-refractivity contribution in [3.8, 4) is 56.0 Å². The molecule has 234 valence electrons. The van der Waals surface area contributed by atoms with Crippen LogP contribution in [-0.2, 0) is 5.41 Å². The minimum Gasteiger partial charge on any atom is -0.228 e. The third-order valence-electron chi connectivity index (χ3n) is 9.60. The Bertz CT molecular complexity index is 2230. The molecule has 0 saturated heterocycles. The quantitative estimate of drug-likeness (QED) is 0.166. The van der Waals surface area contributed by atoms with Crippen molar-refractivity contribution in [2.24, 2.45) is 0 Å². The van der Waals surface area contributed by atoms with Crippen LogP contribution in [0.25, 0.3) is 61.6 Å². The monoisotopic (exact) mass is 620 g/mol. The zero-order chi connectivity index (χ0) is 33.4. The smallest absolute Gasteiger partial charge is 0.160 e. The lowest BCUT2D eigenvalue weighted by molar-refractivity contribution is 0.660. The first-order chi connectivity index (χ1) is 23.3. The topological polar surface area (TPSA) is 25.8 Å². The van der Waals surface area contributed by atoms with Crippen LogP contribution in [0, 0.1) is 6.92 Å². The molecule has 1 aromatic heterocycles. The summed E-state index contributed by atoms with van der Waals surface area (Å²) in [6, 6.07) is 43.6. The number of rotatable bonds is 7. The fourth-order valence-corrected chi connectivity index (χ4v) is 7.04. The highest BCUT2D eigenvalue weighted by atomic mass is 14.9. The molecule has 0 N–H and O–H groups in total. The van der Waals surface area contributed by atoms with Crippen LogP contribution >= 0.6 is 0 Å². The van der Waals surface area contributed by atoms with E-state index in [0.29, 0.717) is 5.82 Å². The van der Waals surface area contributed by atoms with Crippen molar-refractivity contribution in [2.45, 2.75) is 40.0 Å². The molecule has 1 heterocycles. The van der Waals surface area contributed by atoms with Crippen LogP contribution in [-0.4, -0.2) is 9.97 Å². The fourth-order valence-electron chi connectivity index (χ4n) is 7.04. The summed E-state index contributed by atoms with van der Waals surface area (Å²) in [6.07, 6.45) is 5.89. The summed E-state index contributed by atoms with van der Waals surface area (Å²) >= 11 is 0. The molecule has 1 aliphatic rings. The number of benzene rings is 5. The number of hydrogen-bond donors (Lipinski definition) is 0. The van der Waals surface area contributed by atoms with Gasteiger partial charge in [0.2, 0.25) is 0 Å². The Kier molecular flexibility index (Phi) is 8.11. The standard InChI is InChI=1S/C46H40N2/c1-7-8-21-38(30(2)3)44-31(4)43(33-19-13-10-14-20-33)47-45(48-44)37-27-35(32-17-11-9-12-18-32)26-36(28-37)34-24-25-40-39-22-15-16-23-41(39)46(5,6)42(40)29-34/h7-29H,1H2,2-6H3/b21-8-. The predicted molar refractivity (Wildman–Crippen MR) is 204 cm³/mol. The highest BCUT2D eigenvalue weighted by Gasteiger charge is 2.35. The van der Waals surface area contributed by atoms with E-state index in [2.05, 4.69) is 163 Å². The van der Waals surface area contributed by atoms with Crippen molar-refractivity contribution in [3.63, 3.8) is 0 Å². The highest BCUT2D eigenvalue weighted by molar-refractivity contribution is 5.87. The molecule has 0 radical (unpaired) electrons. The van der Waals surface area contributed by atoms with E-state index < -0.39 is 0 Å². The lowest BCUT2D eigenvalue weighted by atomic mass is 9.81. The molecule has 0 unspecified atom stereocenters. The lowest BCUT2D eigenvalue weighted by Crippen LogP contribution is -2.14. The van der Waals surface area contributed by atoms with E-state index in [0.717, 1.165) is 50.3 Å². The zero-order valence-electron chi connectivity index (χ0n) is 28.4. The SMILES string of the molecule is C=C/C=C\C(=C(C)C)c1nc(-c2cc(-c3ccccc3)cc(-c3ccc4c(c3)C(C)(C)c3ccccc3-4)c2)nc(-c2ccccc2)c1C. The van der Waals surface area contributed by atoms with Gasteiger partial charge in [0.15, 0.2) is 5.82 Å². The van der Waals surface area contributed by atoms with Crippen LogP contribution in [0.3, 0.4) is 0 Å². The molecule has 5 aromatic carbocycles. The molecule has 0 aliphatic heterocycles. The number of allylic oxidation sites excluding steroid dienone is 5. The molecule has 2 heteroatoms. The average Bonchev–Trinajstić information content (AvgIpc) is 3.35. The molecular formula is C46H40N2. The summed E-state index contributed by atoms with van der Waals surface area (Å²) in [5.41, 5.74) is 17.1. The van der Waals surface area contributed by atoms with E-state index in [1.54, 1.807) is 0 Å². The maximum atomic E-state index is 5.33. The minimum atomic E-state index is -0.0823. The summed E-state index contributed by atoms with van der Waals surface area (Å²) in [6.45, 7) is 15.0. The molecule has 0 saturated carbocycles. The minimum absolute atomic E-state index is 0.0823. The van der Waals surface area contributed by atoms with Gasteiger partial charge >= 0.3 is 0 Å². The van der Waals surface area contributed by atoms with Crippen LogP contribution in [0.2, 0.25) is 0 Å². The highest BCUT2D eigenvalue weighted by Crippen LogP contribution is 2.49. The van der Waals surface area contributed by atoms with Gasteiger partial charge in [-0.25, -0.2) is 9.97 Å². The lowest BCUT2D eigenvalue weighted by Gasteiger charge is -2.22. The van der Waals surface area contributed by atoms with Crippen LogP contribution in [0.5, 0.6) is 0 Å². The summed E-state index contributed by atoms with van der Waals surface area (Å²) < 4.78 is 0. The Labute approximate surface area is 284 Å². The molecule has 0 atom stereocenters. The van der Waals surface area contributed by atoms with Crippen LogP contribution in [0.1, 0.15) is 50.1 Å². The second kappa shape index (κ2) is 12.5. The molecule has 0 bridgehead atoms. The molecule has 7 rings (SSSR count). The first kappa shape index (κ1) is 31.0. The number of nitrogens with zero attached hydrogens (tertiary/aromatic N) is 2. The van der Waals surface area contributed by atoms with E-state index in [9.17, 15) is 0 Å². The van der Waals surface area contributed by atoms with Crippen LogP contribution in [0.15, 0.2) is 152 Å². The van der Waals surface area contributed by atoms with E-state index in [1.807, 2.05) is 18.2 Å². The van der Waals surface area contributed by atoms with Gasteiger partial charge in [-0.05, 0) is 95.1 Å². The maximum absolute atomic E-state index is 5.33. The summed E-state index contributed by atoms with van der Waals surface area (Å²) in [4.78, 5) is 10.6. The molecule has 2 nitrogen and oxygen atoms in total. The predicted octanol–water partition coefficient (Wildman–Crippen LogP) is 12.3. The number of hydrogen-bond acceptors (Lipinski definition) is 2. The van der Waals surface area contributed by atoms with Gasteiger partial charge in [-0.1, -0.05) is 141 Å². The molecule has 0 spiro atoms. The first-order valence-electron chi connectivity index (χ1n) is 16.6. The Morgan fingerprint density at radius 1 is 0.604 bits per heavy atom. The van der Waals surface area contributed by atoms with E-state index >= 15 is 0 Å². The third-order valence-corrected chi connectivity index (χ3v) is 9.60. The Balaban J connectivity index is 1.47. The normalized spacial score (nSPS) is 12.9. The van der Waals surface area contributed by atoms with Crippen LogP contribution in [0.4, 0.5) is 0 Å². The summed E-state index contributed by atoms with van der Waals surface area (Å²) in [7, 11) is 0. The van der Waals surface area contributed by atoms with Crippen molar-refractivity contribution < 1.29 is 0 Å². The van der Waals surface area contributed by atoms with Crippen molar-refractivity contribution in [2.75, 3.05) is 0 Å². The van der Waals surface area contributed by atoms with Gasteiger partial charge in [0.1, 0.15) is 0 Å². The second-order valence-electron chi connectivity index (χ2n) is 13.3. The zero-order valence-corrected chi connectivity index (χ0v) is 28.4. The maximum Gasteiger partial charge on any atom is 0.160 e. The van der Waals surface area contributed by atoms with Crippen LogP contribution < -0.4 is 0 Å². The Morgan fingerprint density at radius 2 is 1.21 bits per heavy atom. The van der Waals surface area contributed by atoms with Crippen molar-refractivity contribution in [1.82, 2.24) is 9.97 Å². The van der Waals surface area contributed by atoms with E-state index in [4.69, 9.17) is 9.97 Å². The fraction of sp³-hybridized carbons (Fsp3) is 0.130. The summed E-state index contributed by atoms with van der Waals surface area (Å²) in [5, 5.41) is 0. The van der Waals surface area contributed by atoms with Crippen molar-refractivity contribution >= 4 is 5.57 Å². The molecule has 48 heavy (non-hydrogen) atoms. The molecular weight excluding hydrogens is 581 g/mol. The Morgan fingerprint density at radius 3 is 1.90 bits per heavy atom. The van der Waals surface area contributed by atoms with Gasteiger partial charge in [0.25, 0.3) is 0 Å². The van der Waals surface area contributed by atoms with Gasteiger partial charge in [-0.3, -0.25) is 0 Å². The molecule has 0 fully saturated rings. The van der Waals surface area contributed by atoms with Crippen molar-refractivity contribution in [3.05, 3.63) is 174 Å². The summed E-state index contributed by atoms with van der Waals surface area (Å²) in [5.74, 6) is 0.702. The van der Waals surface area contributed by atoms with Crippen molar-refractivity contribution in [1.29, 1.82) is 0 Å². The van der Waals surface area contributed by atoms with E-state index in [-0.39, 0.29) is 5.41 Å². The van der Waals surface area contributed by atoms with Gasteiger partial charge in [0.05, 0.1) is 11.4 Å². The largest absolute Gasteiger partial charge is 0.228 e. The first-order valence-corrected chi connectivity index (χ1v) is 16.6. The molecule has 0 amide bonds. The molecule has 1 aliphatic carbocycles. The van der Waals surface area contributed by atoms with Gasteiger partial charge < -0.3 is 0 Å². The number of aromatic nitrogens is 2. The molecule has 6 aromatic rings. The van der Waals surface area contributed by atoms with Gasteiger partial charge in [-0.2, -0.15) is 0 Å². The second-order valence-corrected chi connectivity index (χ2v) is 13.3. The van der Waals surface area contributed by atoms with E-state index in [1.165, 1.54) is 33.4 Å². The number of fused-ring (bicyclic) bond motifs is 3. The third kappa shape index (κ3) is 5.54.